The van der Waals surface area contributed by atoms with E-state index >= 15 is 0 Å². The van der Waals surface area contributed by atoms with Crippen molar-refractivity contribution in [2.24, 2.45) is 0 Å². The van der Waals surface area contributed by atoms with Crippen molar-refractivity contribution in [3.63, 3.8) is 0 Å². The molecular weight excluding hydrogens is 334 g/mol. The van der Waals surface area contributed by atoms with Gasteiger partial charge in [0.05, 0.1) is 15.1 Å². The van der Waals surface area contributed by atoms with Crippen molar-refractivity contribution >= 4 is 31.6 Å². The number of sulfonamides is 1. The quantitative estimate of drug-likeness (QED) is 0.730. The molecule has 0 saturated heterocycles. The molecule has 8 heteroatoms. The Morgan fingerprint density at radius 3 is 2.70 bits per heavy atom. The summed E-state index contributed by atoms with van der Waals surface area (Å²) in [5.74, 6) is 0. The van der Waals surface area contributed by atoms with Gasteiger partial charge in [-0.15, -0.1) is 0 Å². The zero-order chi connectivity index (χ0) is 17.0. The third-order valence-corrected chi connectivity index (χ3v) is 5.87. The van der Waals surface area contributed by atoms with Crippen LogP contribution in [0.1, 0.15) is 19.8 Å². The third kappa shape index (κ3) is 4.41. The molecule has 0 amide bonds. The first-order valence-corrected chi connectivity index (χ1v) is 9.93. The Kier molecular flexibility index (Phi) is 5.96. The second-order valence-corrected chi connectivity index (χ2v) is 8.46. The fourth-order valence-corrected chi connectivity index (χ4v) is 4.47. The molecule has 23 heavy (non-hydrogen) atoms. The monoisotopic (exact) mass is 357 g/mol. The fraction of sp³-hybridized carbons (Fsp3) is 0.533. The molecule has 128 valence electrons. The van der Waals surface area contributed by atoms with Gasteiger partial charge < -0.3 is 4.90 Å². The molecule has 0 aliphatic heterocycles. The number of aryl methyl sites for hydroxylation is 1. The number of hydrogen-bond donors (Lipinski definition) is 1. The molecule has 1 heterocycles. The molecule has 1 aromatic heterocycles. The molecule has 0 aliphatic rings. The minimum Gasteiger partial charge on any atom is -0.309 e. The summed E-state index contributed by atoms with van der Waals surface area (Å²) in [6.07, 6.45) is 1.61. The van der Waals surface area contributed by atoms with Crippen LogP contribution in [0.15, 0.2) is 27.9 Å². The molecule has 0 aliphatic carbocycles. The van der Waals surface area contributed by atoms with Gasteiger partial charge in [0.15, 0.2) is 0 Å². The molecule has 1 N–H and O–H groups in total. The highest BCUT2D eigenvalue weighted by Crippen LogP contribution is 2.22. The van der Waals surface area contributed by atoms with E-state index in [0.29, 0.717) is 17.8 Å². The lowest BCUT2D eigenvalue weighted by Crippen LogP contribution is -2.27. The summed E-state index contributed by atoms with van der Waals surface area (Å²) in [4.78, 5) is 14.1. The molecule has 0 atom stereocenters. The second kappa shape index (κ2) is 7.57. The van der Waals surface area contributed by atoms with E-state index in [-0.39, 0.29) is 9.77 Å². The van der Waals surface area contributed by atoms with Crippen molar-refractivity contribution in [3.05, 3.63) is 27.9 Å². The molecule has 2 rings (SSSR count). The standard InChI is InChI=1S/C15H23N3O3S2/c1-4-9-18-13-7-6-12(11-14(13)22-15(18)19)23(20,21)16-8-5-10-17(2)3/h6-7,11,16H,4-5,8-10H2,1-3H3. The second-order valence-electron chi connectivity index (χ2n) is 5.70. The minimum atomic E-state index is -3.54. The van der Waals surface area contributed by atoms with Crippen LogP contribution in [-0.4, -0.2) is 45.1 Å². The van der Waals surface area contributed by atoms with Gasteiger partial charge in [0.1, 0.15) is 0 Å². The van der Waals surface area contributed by atoms with E-state index in [1.807, 2.05) is 25.9 Å². The van der Waals surface area contributed by atoms with Crippen LogP contribution >= 0.6 is 11.3 Å². The summed E-state index contributed by atoms with van der Waals surface area (Å²) in [5.41, 5.74) is 0.799. The van der Waals surface area contributed by atoms with Gasteiger partial charge >= 0.3 is 4.87 Å². The molecule has 6 nitrogen and oxygen atoms in total. The Morgan fingerprint density at radius 2 is 2.04 bits per heavy atom. The Bertz CT molecular complexity index is 822. The molecule has 0 radical (unpaired) electrons. The fourth-order valence-electron chi connectivity index (χ4n) is 2.33. The number of nitrogens with one attached hydrogen (secondary N) is 1. The third-order valence-electron chi connectivity index (χ3n) is 3.47. The molecule has 1 aromatic carbocycles. The zero-order valence-corrected chi connectivity index (χ0v) is 15.3. The normalized spacial score (nSPS) is 12.3. The maximum Gasteiger partial charge on any atom is 0.308 e. The largest absolute Gasteiger partial charge is 0.309 e. The van der Waals surface area contributed by atoms with Crippen molar-refractivity contribution in [2.45, 2.75) is 31.2 Å². The van der Waals surface area contributed by atoms with Gasteiger partial charge in [-0.3, -0.25) is 9.36 Å². The van der Waals surface area contributed by atoms with Crippen molar-refractivity contribution in [2.75, 3.05) is 27.2 Å². The predicted molar refractivity (Wildman–Crippen MR) is 94.7 cm³/mol. The van der Waals surface area contributed by atoms with E-state index in [2.05, 4.69) is 4.72 Å². The summed E-state index contributed by atoms with van der Waals surface area (Å²) in [6.45, 7) is 3.87. The average Bonchev–Trinajstić information content (AvgIpc) is 2.79. The molecule has 0 spiro atoms. The molecular formula is C15H23N3O3S2. The van der Waals surface area contributed by atoms with Gasteiger partial charge in [-0.2, -0.15) is 0 Å². The van der Waals surface area contributed by atoms with Crippen LogP contribution in [0.2, 0.25) is 0 Å². The summed E-state index contributed by atoms with van der Waals surface area (Å²) in [5, 5.41) is 0. The number of rotatable bonds is 8. The van der Waals surface area contributed by atoms with E-state index in [9.17, 15) is 13.2 Å². The van der Waals surface area contributed by atoms with Crippen molar-refractivity contribution in [1.29, 1.82) is 0 Å². The van der Waals surface area contributed by atoms with Crippen LogP contribution in [0.3, 0.4) is 0 Å². The molecule has 0 unspecified atom stereocenters. The average molecular weight is 358 g/mol. The first-order chi connectivity index (χ1) is 10.8. The topological polar surface area (TPSA) is 71.4 Å². The van der Waals surface area contributed by atoms with E-state index < -0.39 is 10.0 Å². The highest BCUT2D eigenvalue weighted by atomic mass is 32.2. The zero-order valence-electron chi connectivity index (χ0n) is 13.7. The number of hydrogen-bond acceptors (Lipinski definition) is 5. The van der Waals surface area contributed by atoms with E-state index in [1.165, 1.54) is 0 Å². The maximum atomic E-state index is 12.3. The van der Waals surface area contributed by atoms with Crippen molar-refractivity contribution < 1.29 is 8.42 Å². The first-order valence-electron chi connectivity index (χ1n) is 7.63. The summed E-state index contributed by atoms with van der Waals surface area (Å²) in [7, 11) is 0.361. The Hall–Kier alpha value is -1.22. The predicted octanol–water partition coefficient (Wildman–Crippen LogP) is 1.70. The molecule has 0 fully saturated rings. The van der Waals surface area contributed by atoms with Gasteiger partial charge in [0.25, 0.3) is 0 Å². The lowest BCUT2D eigenvalue weighted by Gasteiger charge is -2.10. The Balaban J connectivity index is 2.21. The molecule has 0 saturated carbocycles. The molecule has 2 aromatic rings. The van der Waals surface area contributed by atoms with Gasteiger partial charge in [0, 0.05) is 13.1 Å². The highest BCUT2D eigenvalue weighted by molar-refractivity contribution is 7.89. The lowest BCUT2D eigenvalue weighted by molar-refractivity contribution is 0.400. The summed E-state index contributed by atoms with van der Waals surface area (Å²) < 4.78 is 29.7. The van der Waals surface area contributed by atoms with Crippen LogP contribution in [0, 0.1) is 0 Å². The van der Waals surface area contributed by atoms with E-state index in [1.54, 1.807) is 22.8 Å². The van der Waals surface area contributed by atoms with Gasteiger partial charge in [-0.25, -0.2) is 13.1 Å². The number of benzene rings is 1. The number of fused-ring (bicyclic) bond motifs is 1. The SMILES string of the molecule is CCCn1c(=O)sc2cc(S(=O)(=O)NCCCN(C)C)ccc21. The van der Waals surface area contributed by atoms with Crippen molar-refractivity contribution in [3.8, 4) is 0 Å². The van der Waals surface area contributed by atoms with Crippen LogP contribution in [0.25, 0.3) is 10.2 Å². The summed E-state index contributed by atoms with van der Waals surface area (Å²) >= 11 is 1.09. The van der Waals surface area contributed by atoms with Gasteiger partial charge in [0.2, 0.25) is 10.0 Å². The van der Waals surface area contributed by atoms with Crippen LogP contribution in [-0.2, 0) is 16.6 Å². The Morgan fingerprint density at radius 1 is 1.30 bits per heavy atom. The number of thiazole rings is 1. The Labute approximate surface area is 140 Å². The van der Waals surface area contributed by atoms with Crippen molar-refractivity contribution in [1.82, 2.24) is 14.2 Å². The number of aromatic nitrogens is 1. The summed E-state index contributed by atoms with van der Waals surface area (Å²) in [6, 6.07) is 4.87. The lowest BCUT2D eigenvalue weighted by atomic mass is 10.3. The van der Waals surface area contributed by atoms with Crippen LogP contribution in [0.5, 0.6) is 0 Å². The van der Waals surface area contributed by atoms with E-state index in [4.69, 9.17) is 0 Å². The minimum absolute atomic E-state index is 0.0460. The molecule has 0 bridgehead atoms. The highest BCUT2D eigenvalue weighted by Gasteiger charge is 2.16. The van der Waals surface area contributed by atoms with Crippen LogP contribution < -0.4 is 9.60 Å². The first kappa shape index (κ1) is 18.1. The van der Waals surface area contributed by atoms with Gasteiger partial charge in [-0.1, -0.05) is 18.3 Å². The van der Waals surface area contributed by atoms with E-state index in [0.717, 1.165) is 36.2 Å². The van der Waals surface area contributed by atoms with Gasteiger partial charge in [-0.05, 0) is 51.7 Å². The number of nitrogens with zero attached hydrogens (tertiary/aromatic N) is 2. The maximum absolute atomic E-state index is 12.3. The smallest absolute Gasteiger partial charge is 0.308 e. The van der Waals surface area contributed by atoms with Crippen LogP contribution in [0.4, 0.5) is 0 Å².